The molecule has 1 unspecified atom stereocenters. The number of piperidine rings is 1. The summed E-state index contributed by atoms with van der Waals surface area (Å²) >= 11 is 13.5. The highest BCUT2D eigenvalue weighted by molar-refractivity contribution is 7.13. The Labute approximate surface area is 201 Å². The van der Waals surface area contributed by atoms with Gasteiger partial charge in [-0.05, 0) is 50.1 Å². The molecule has 32 heavy (non-hydrogen) atoms. The summed E-state index contributed by atoms with van der Waals surface area (Å²) in [4.78, 5) is 46.0. The minimum absolute atomic E-state index is 0.0336. The van der Waals surface area contributed by atoms with Gasteiger partial charge in [0.15, 0.2) is 0 Å². The monoisotopic (exact) mass is 493 g/mol. The van der Waals surface area contributed by atoms with Gasteiger partial charge in [0.1, 0.15) is 0 Å². The van der Waals surface area contributed by atoms with Crippen molar-refractivity contribution in [3.63, 3.8) is 0 Å². The molecule has 2 aliphatic rings. The summed E-state index contributed by atoms with van der Waals surface area (Å²) in [5, 5.41) is 0.744. The number of likely N-dealkylation sites (tertiary alicyclic amines) is 1. The van der Waals surface area contributed by atoms with Crippen LogP contribution in [0.1, 0.15) is 37.7 Å². The number of halogens is 2. The first kappa shape index (κ1) is 23.1. The standard InChI is InChI=1S/C23H25Cl2N3O3S/c1-15-4-7-20(32-15)23(31)27-11-9-26(10-12-27)22(30)17-3-2-8-28(14-17)21(29)16-5-6-18(24)19(25)13-16/h4-7,13,17H,2-3,8-12,14H2,1H3. The van der Waals surface area contributed by atoms with Crippen molar-refractivity contribution in [1.82, 2.24) is 14.7 Å². The minimum atomic E-state index is -0.224. The van der Waals surface area contributed by atoms with Gasteiger partial charge in [0.05, 0.1) is 20.8 Å². The maximum absolute atomic E-state index is 13.2. The lowest BCUT2D eigenvalue weighted by Crippen LogP contribution is -2.54. The first-order valence-corrected chi connectivity index (χ1v) is 12.3. The van der Waals surface area contributed by atoms with Crippen molar-refractivity contribution in [3.8, 4) is 0 Å². The first-order valence-electron chi connectivity index (χ1n) is 10.7. The molecule has 0 aliphatic carbocycles. The Morgan fingerprint density at radius 3 is 2.25 bits per heavy atom. The Balaban J connectivity index is 1.34. The lowest BCUT2D eigenvalue weighted by Gasteiger charge is -2.39. The molecule has 170 valence electrons. The molecular formula is C23H25Cl2N3O3S. The van der Waals surface area contributed by atoms with Crippen LogP contribution in [0.4, 0.5) is 0 Å². The number of aryl methyl sites for hydroxylation is 1. The van der Waals surface area contributed by atoms with Gasteiger partial charge in [0, 0.05) is 49.7 Å². The maximum Gasteiger partial charge on any atom is 0.264 e. The normalized spacial score (nSPS) is 19.2. The van der Waals surface area contributed by atoms with Crippen molar-refractivity contribution in [2.45, 2.75) is 19.8 Å². The van der Waals surface area contributed by atoms with E-state index in [-0.39, 0.29) is 23.6 Å². The van der Waals surface area contributed by atoms with Crippen molar-refractivity contribution < 1.29 is 14.4 Å². The number of benzene rings is 1. The van der Waals surface area contributed by atoms with Gasteiger partial charge in [0.2, 0.25) is 5.91 Å². The predicted molar refractivity (Wildman–Crippen MR) is 127 cm³/mol. The highest BCUT2D eigenvalue weighted by Crippen LogP contribution is 2.26. The van der Waals surface area contributed by atoms with Crippen LogP contribution in [0.25, 0.3) is 0 Å². The van der Waals surface area contributed by atoms with Gasteiger partial charge >= 0.3 is 0 Å². The highest BCUT2D eigenvalue weighted by atomic mass is 35.5. The van der Waals surface area contributed by atoms with E-state index in [0.717, 1.165) is 22.6 Å². The first-order chi connectivity index (χ1) is 15.3. The van der Waals surface area contributed by atoms with Gasteiger partial charge in [-0.15, -0.1) is 11.3 Å². The molecule has 3 amide bonds. The van der Waals surface area contributed by atoms with E-state index in [1.165, 1.54) is 11.3 Å². The molecule has 0 bridgehead atoms. The van der Waals surface area contributed by atoms with E-state index in [1.807, 2.05) is 28.9 Å². The van der Waals surface area contributed by atoms with E-state index in [9.17, 15) is 14.4 Å². The van der Waals surface area contributed by atoms with Crippen molar-refractivity contribution in [1.29, 1.82) is 0 Å². The summed E-state index contributed by atoms with van der Waals surface area (Å²) in [6.45, 7) is 5.09. The summed E-state index contributed by atoms with van der Waals surface area (Å²) in [5.74, 6) is -0.262. The number of nitrogens with zero attached hydrogens (tertiary/aromatic N) is 3. The number of carbonyl (C=O) groups is 3. The number of carbonyl (C=O) groups excluding carboxylic acids is 3. The number of hydrogen-bond donors (Lipinski definition) is 0. The topological polar surface area (TPSA) is 60.9 Å². The number of hydrogen-bond acceptors (Lipinski definition) is 4. The molecular weight excluding hydrogens is 469 g/mol. The van der Waals surface area contributed by atoms with Crippen LogP contribution in [0.5, 0.6) is 0 Å². The molecule has 0 radical (unpaired) electrons. The fourth-order valence-corrected chi connectivity index (χ4v) is 5.40. The summed E-state index contributed by atoms with van der Waals surface area (Å²) in [6, 6.07) is 8.66. The van der Waals surface area contributed by atoms with Gasteiger partial charge < -0.3 is 14.7 Å². The molecule has 2 fully saturated rings. The maximum atomic E-state index is 13.2. The number of piperazine rings is 1. The zero-order chi connectivity index (χ0) is 22.8. The van der Waals surface area contributed by atoms with Crippen molar-refractivity contribution in [2.24, 2.45) is 5.92 Å². The molecule has 1 atom stereocenters. The molecule has 1 aromatic carbocycles. The van der Waals surface area contributed by atoms with Gasteiger partial charge in [-0.3, -0.25) is 14.4 Å². The molecule has 4 rings (SSSR count). The van der Waals surface area contributed by atoms with Crippen LogP contribution in [0.3, 0.4) is 0 Å². The smallest absolute Gasteiger partial charge is 0.264 e. The average Bonchev–Trinajstić information content (AvgIpc) is 3.26. The quantitative estimate of drug-likeness (QED) is 0.643. The lowest BCUT2D eigenvalue weighted by molar-refractivity contribution is -0.138. The second-order valence-corrected chi connectivity index (χ2v) is 10.3. The van der Waals surface area contributed by atoms with Gasteiger partial charge in [-0.1, -0.05) is 23.2 Å². The molecule has 2 aromatic rings. The van der Waals surface area contributed by atoms with Crippen LogP contribution < -0.4 is 0 Å². The number of amides is 3. The Bertz CT molecular complexity index is 1030. The third-order valence-electron chi connectivity index (χ3n) is 6.05. The minimum Gasteiger partial charge on any atom is -0.339 e. The van der Waals surface area contributed by atoms with E-state index in [2.05, 4.69) is 0 Å². The molecule has 0 saturated carbocycles. The molecule has 3 heterocycles. The molecule has 0 N–H and O–H groups in total. The zero-order valence-electron chi connectivity index (χ0n) is 17.9. The van der Waals surface area contributed by atoms with Crippen LogP contribution in [0, 0.1) is 12.8 Å². The van der Waals surface area contributed by atoms with E-state index < -0.39 is 0 Å². The highest BCUT2D eigenvalue weighted by Gasteiger charge is 2.33. The summed E-state index contributed by atoms with van der Waals surface area (Å²) in [7, 11) is 0. The van der Waals surface area contributed by atoms with Crippen LogP contribution >= 0.6 is 34.5 Å². The fourth-order valence-electron chi connectivity index (χ4n) is 4.27. The lowest BCUT2D eigenvalue weighted by atomic mass is 9.95. The van der Waals surface area contributed by atoms with Crippen molar-refractivity contribution >= 4 is 52.3 Å². The Hall–Kier alpha value is -2.09. The zero-order valence-corrected chi connectivity index (χ0v) is 20.2. The van der Waals surface area contributed by atoms with Gasteiger partial charge in [-0.25, -0.2) is 0 Å². The predicted octanol–water partition coefficient (Wildman–Crippen LogP) is 4.20. The van der Waals surface area contributed by atoms with Crippen LogP contribution in [-0.4, -0.2) is 71.7 Å². The third-order valence-corrected chi connectivity index (χ3v) is 7.78. The van der Waals surface area contributed by atoms with Crippen LogP contribution in [0.2, 0.25) is 10.0 Å². The fraction of sp³-hybridized carbons (Fsp3) is 0.435. The summed E-state index contributed by atoms with van der Waals surface area (Å²) < 4.78 is 0. The summed E-state index contributed by atoms with van der Waals surface area (Å²) in [6.07, 6.45) is 1.54. The summed E-state index contributed by atoms with van der Waals surface area (Å²) in [5.41, 5.74) is 0.475. The van der Waals surface area contributed by atoms with Gasteiger partial charge in [0.25, 0.3) is 11.8 Å². The second-order valence-electron chi connectivity index (χ2n) is 8.25. The molecule has 1 aromatic heterocycles. The van der Waals surface area contributed by atoms with E-state index in [0.29, 0.717) is 54.9 Å². The van der Waals surface area contributed by atoms with Crippen molar-refractivity contribution in [2.75, 3.05) is 39.3 Å². The Kier molecular flexibility index (Phi) is 7.08. The SMILES string of the molecule is Cc1ccc(C(=O)N2CCN(C(=O)C3CCCN(C(=O)c4ccc(Cl)c(Cl)c4)C3)CC2)s1. The largest absolute Gasteiger partial charge is 0.339 e. The molecule has 2 saturated heterocycles. The van der Waals surface area contributed by atoms with E-state index in [4.69, 9.17) is 23.2 Å². The molecule has 9 heteroatoms. The molecule has 2 aliphatic heterocycles. The molecule has 0 spiro atoms. The average molecular weight is 494 g/mol. The third kappa shape index (κ3) is 4.95. The van der Waals surface area contributed by atoms with Gasteiger partial charge in [-0.2, -0.15) is 0 Å². The van der Waals surface area contributed by atoms with Crippen LogP contribution in [0.15, 0.2) is 30.3 Å². The number of thiophene rings is 1. The van der Waals surface area contributed by atoms with E-state index in [1.54, 1.807) is 23.1 Å². The number of rotatable bonds is 3. The van der Waals surface area contributed by atoms with E-state index >= 15 is 0 Å². The Morgan fingerprint density at radius 1 is 0.875 bits per heavy atom. The van der Waals surface area contributed by atoms with Crippen LogP contribution in [-0.2, 0) is 4.79 Å². The van der Waals surface area contributed by atoms with Crippen molar-refractivity contribution in [3.05, 3.63) is 55.7 Å². The molecule has 6 nitrogen and oxygen atoms in total. The second kappa shape index (κ2) is 9.81. The Morgan fingerprint density at radius 2 is 1.59 bits per heavy atom.